The van der Waals surface area contributed by atoms with Gasteiger partial charge < -0.3 is 13.9 Å². The van der Waals surface area contributed by atoms with Gasteiger partial charge in [0.15, 0.2) is 11.3 Å². The summed E-state index contributed by atoms with van der Waals surface area (Å²) in [7, 11) is 1.66. The molecule has 0 aliphatic heterocycles. The number of methoxy groups -OCH3 is 1. The van der Waals surface area contributed by atoms with E-state index in [1.54, 1.807) is 13.4 Å². The number of fused-ring (bicyclic) bond motifs is 2. The highest BCUT2D eigenvalue weighted by atomic mass is 16.5. The summed E-state index contributed by atoms with van der Waals surface area (Å²) in [4.78, 5) is 11.1. The normalized spacial score (nSPS) is 16.6. The molecule has 0 spiro atoms. The van der Waals surface area contributed by atoms with Gasteiger partial charge in [-0.3, -0.25) is 4.79 Å². The van der Waals surface area contributed by atoms with Gasteiger partial charge in [-0.25, -0.2) is 0 Å². The molecule has 1 aliphatic rings. The molecule has 1 atom stereocenters. The Bertz CT molecular complexity index is 767. The Morgan fingerprint density at radius 2 is 2.23 bits per heavy atom. The van der Waals surface area contributed by atoms with Gasteiger partial charge in [0.25, 0.3) is 0 Å². The van der Waals surface area contributed by atoms with Crippen LogP contribution in [0.2, 0.25) is 0 Å². The van der Waals surface area contributed by atoms with E-state index >= 15 is 0 Å². The number of esters is 1. The quantitative estimate of drug-likeness (QED) is 0.791. The van der Waals surface area contributed by atoms with Crippen LogP contribution in [-0.2, 0) is 16.1 Å². The molecule has 1 aliphatic carbocycles. The van der Waals surface area contributed by atoms with Crippen LogP contribution in [0.4, 0.5) is 0 Å². The van der Waals surface area contributed by atoms with Gasteiger partial charge in [0.1, 0.15) is 6.61 Å². The lowest BCUT2D eigenvalue weighted by Crippen LogP contribution is -2.06. The molecule has 0 N–H and O–H groups in total. The zero-order valence-electron chi connectivity index (χ0n) is 13.4. The van der Waals surface area contributed by atoms with E-state index in [9.17, 15) is 4.79 Å². The average Bonchev–Trinajstić information content (AvgIpc) is 2.90. The molecule has 2 aromatic rings. The predicted octanol–water partition coefficient (Wildman–Crippen LogP) is 4.33. The molecule has 0 unspecified atom stereocenters. The van der Waals surface area contributed by atoms with Crippen LogP contribution in [0.15, 0.2) is 16.8 Å². The highest BCUT2D eigenvalue weighted by Crippen LogP contribution is 2.44. The number of benzene rings is 1. The summed E-state index contributed by atoms with van der Waals surface area (Å²) in [5, 5.41) is 0.999. The molecule has 0 amide bonds. The first-order valence-corrected chi connectivity index (χ1v) is 7.45. The maximum atomic E-state index is 11.1. The van der Waals surface area contributed by atoms with Crippen molar-refractivity contribution in [3.8, 4) is 5.75 Å². The van der Waals surface area contributed by atoms with E-state index in [0.29, 0.717) is 5.92 Å². The topological polar surface area (TPSA) is 48.7 Å². The molecule has 1 heterocycles. The summed E-state index contributed by atoms with van der Waals surface area (Å²) in [6, 6.07) is 0. The van der Waals surface area contributed by atoms with Crippen molar-refractivity contribution in [1.29, 1.82) is 0 Å². The minimum absolute atomic E-state index is 0.218. The van der Waals surface area contributed by atoms with Crippen molar-refractivity contribution in [1.82, 2.24) is 0 Å². The third-order valence-electron chi connectivity index (χ3n) is 4.29. The largest absolute Gasteiger partial charge is 0.492 e. The van der Waals surface area contributed by atoms with Gasteiger partial charge in [0, 0.05) is 23.4 Å². The summed E-state index contributed by atoms with van der Waals surface area (Å²) in [5.74, 6) is 0.885. The first-order chi connectivity index (χ1) is 10.5. The van der Waals surface area contributed by atoms with Crippen LogP contribution in [0.25, 0.3) is 17.0 Å². The van der Waals surface area contributed by atoms with Crippen molar-refractivity contribution in [3.63, 3.8) is 0 Å². The van der Waals surface area contributed by atoms with Gasteiger partial charge in [-0.2, -0.15) is 0 Å². The Morgan fingerprint density at radius 3 is 2.91 bits per heavy atom. The Hall–Kier alpha value is -2.23. The molecule has 4 nitrogen and oxygen atoms in total. The Morgan fingerprint density at radius 1 is 1.45 bits per heavy atom. The third-order valence-corrected chi connectivity index (χ3v) is 4.29. The molecule has 4 heteroatoms. The number of rotatable bonds is 3. The van der Waals surface area contributed by atoms with Gasteiger partial charge in [0.05, 0.1) is 13.4 Å². The van der Waals surface area contributed by atoms with Gasteiger partial charge in [-0.05, 0) is 30.4 Å². The predicted molar refractivity (Wildman–Crippen MR) is 85.0 cm³/mol. The van der Waals surface area contributed by atoms with Crippen LogP contribution in [0, 0.1) is 6.92 Å². The number of hydrogen-bond donors (Lipinski definition) is 0. The van der Waals surface area contributed by atoms with Crippen molar-refractivity contribution in [2.45, 2.75) is 39.7 Å². The molecule has 0 saturated heterocycles. The standard InChI is InChI=1S/C18H20O4/c1-10-6-5-7-14-15(10)11(2)16-13(8-21-12(3)19)9-22-18(16)17(14)20-4/h5,7,9-10H,6,8H2,1-4H3/t10-/m0/s1. The van der Waals surface area contributed by atoms with Crippen molar-refractivity contribution < 1.29 is 18.7 Å². The molecular formula is C18H20O4. The minimum Gasteiger partial charge on any atom is -0.492 e. The van der Waals surface area contributed by atoms with E-state index in [1.807, 2.05) is 0 Å². The van der Waals surface area contributed by atoms with E-state index in [1.165, 1.54) is 18.1 Å². The third kappa shape index (κ3) is 2.19. The van der Waals surface area contributed by atoms with Crippen molar-refractivity contribution in [2.24, 2.45) is 0 Å². The maximum Gasteiger partial charge on any atom is 0.302 e. The Labute approximate surface area is 129 Å². The number of allylic oxidation sites excluding steroid dienone is 1. The molecule has 0 radical (unpaired) electrons. The van der Waals surface area contributed by atoms with E-state index in [-0.39, 0.29) is 12.6 Å². The second kappa shape index (κ2) is 5.52. The summed E-state index contributed by atoms with van der Waals surface area (Å²) in [5.41, 5.74) is 5.17. The molecule has 0 bridgehead atoms. The zero-order chi connectivity index (χ0) is 15.9. The number of carbonyl (C=O) groups excluding carboxylic acids is 1. The molecule has 0 fully saturated rings. The van der Waals surface area contributed by atoms with Gasteiger partial charge in [0.2, 0.25) is 0 Å². The van der Waals surface area contributed by atoms with Crippen LogP contribution >= 0.6 is 0 Å². The summed E-state index contributed by atoms with van der Waals surface area (Å²) >= 11 is 0. The van der Waals surface area contributed by atoms with Crippen molar-refractivity contribution in [2.75, 3.05) is 7.11 Å². The lowest BCUT2D eigenvalue weighted by molar-refractivity contribution is -0.142. The second-order valence-corrected chi connectivity index (χ2v) is 5.77. The molecule has 116 valence electrons. The molecule has 3 rings (SSSR count). The van der Waals surface area contributed by atoms with Crippen LogP contribution in [0.3, 0.4) is 0 Å². The first-order valence-electron chi connectivity index (χ1n) is 7.45. The van der Waals surface area contributed by atoms with Gasteiger partial charge in [-0.1, -0.05) is 19.1 Å². The van der Waals surface area contributed by atoms with Crippen LogP contribution in [-0.4, -0.2) is 13.1 Å². The number of ether oxygens (including phenoxy) is 2. The lowest BCUT2D eigenvalue weighted by Gasteiger charge is -2.23. The lowest BCUT2D eigenvalue weighted by atomic mass is 9.83. The zero-order valence-corrected chi connectivity index (χ0v) is 13.4. The van der Waals surface area contributed by atoms with E-state index < -0.39 is 0 Å². The molecule has 0 saturated carbocycles. The maximum absolute atomic E-state index is 11.1. The molecular weight excluding hydrogens is 280 g/mol. The first kappa shape index (κ1) is 14.7. The Balaban J connectivity index is 2.26. The minimum atomic E-state index is -0.298. The Kier molecular flexibility index (Phi) is 3.69. The fourth-order valence-electron chi connectivity index (χ4n) is 3.35. The summed E-state index contributed by atoms with van der Waals surface area (Å²) in [6.45, 7) is 5.94. The summed E-state index contributed by atoms with van der Waals surface area (Å²) < 4.78 is 16.5. The average molecular weight is 300 g/mol. The van der Waals surface area contributed by atoms with E-state index in [4.69, 9.17) is 13.9 Å². The SMILES string of the molecule is COc1c2c(c(C)c3c(COC(C)=O)coc13)[C@@H](C)CC=C2. The second-order valence-electron chi connectivity index (χ2n) is 5.77. The number of aryl methyl sites for hydroxylation is 1. The summed E-state index contributed by atoms with van der Waals surface area (Å²) in [6.07, 6.45) is 6.95. The van der Waals surface area contributed by atoms with Gasteiger partial charge in [-0.15, -0.1) is 0 Å². The highest BCUT2D eigenvalue weighted by molar-refractivity contribution is 5.95. The highest BCUT2D eigenvalue weighted by Gasteiger charge is 2.25. The molecule has 1 aromatic heterocycles. The van der Waals surface area contributed by atoms with Gasteiger partial charge >= 0.3 is 5.97 Å². The number of hydrogen-bond acceptors (Lipinski definition) is 4. The number of carbonyl (C=O) groups is 1. The van der Waals surface area contributed by atoms with E-state index in [0.717, 1.165) is 34.3 Å². The molecule has 1 aromatic carbocycles. The van der Waals surface area contributed by atoms with Crippen molar-refractivity contribution in [3.05, 3.63) is 34.6 Å². The van der Waals surface area contributed by atoms with E-state index in [2.05, 4.69) is 26.0 Å². The van der Waals surface area contributed by atoms with Crippen LogP contribution in [0.1, 0.15) is 48.4 Å². The number of furan rings is 1. The molecule has 22 heavy (non-hydrogen) atoms. The van der Waals surface area contributed by atoms with Crippen LogP contribution in [0.5, 0.6) is 5.75 Å². The van der Waals surface area contributed by atoms with Crippen LogP contribution < -0.4 is 4.74 Å². The fraction of sp³-hybridized carbons (Fsp3) is 0.389. The smallest absolute Gasteiger partial charge is 0.302 e. The fourth-order valence-corrected chi connectivity index (χ4v) is 3.35. The van der Waals surface area contributed by atoms with Crippen molar-refractivity contribution >= 4 is 23.0 Å². The monoisotopic (exact) mass is 300 g/mol.